The Morgan fingerprint density at radius 3 is 2.67 bits per heavy atom. The molecule has 0 radical (unpaired) electrons. The second-order valence-electron chi connectivity index (χ2n) is 10.2. The van der Waals surface area contributed by atoms with Crippen LogP contribution in [0.25, 0.3) is 6.08 Å². The van der Waals surface area contributed by atoms with Gasteiger partial charge in [0.2, 0.25) is 5.95 Å². The molecule has 1 unspecified atom stereocenters. The Balaban J connectivity index is 1.52. The highest BCUT2D eigenvalue weighted by Gasteiger charge is 2.34. The average molecular weight is 493 g/mol. The van der Waals surface area contributed by atoms with Crippen LogP contribution in [0.5, 0.6) is 0 Å². The number of rotatable bonds is 6. The van der Waals surface area contributed by atoms with E-state index >= 15 is 0 Å². The van der Waals surface area contributed by atoms with Gasteiger partial charge in [-0.05, 0) is 57.2 Å². The standard InChI is InChI=1S/C26H32N6O4/c1-26(2,3)32(25(35)36)17-19-10-7-13-30(15-19)23-27-12-11-20(28-23)14-21-22(33)29-24(34)31(21)16-18-8-5-4-6-9-18/h4-6,8-9,11-12,14,19H,7,10,13,15-17H2,1-3H3,(H,35,36)(H,29,33,34)/b21-14+. The van der Waals surface area contributed by atoms with Crippen molar-refractivity contribution in [3.63, 3.8) is 0 Å². The fraction of sp³-hybridized carbons (Fsp3) is 0.423. The molecule has 2 fully saturated rings. The van der Waals surface area contributed by atoms with Gasteiger partial charge in [-0.25, -0.2) is 19.6 Å². The van der Waals surface area contributed by atoms with E-state index in [4.69, 9.17) is 0 Å². The van der Waals surface area contributed by atoms with E-state index in [1.165, 1.54) is 9.80 Å². The fourth-order valence-corrected chi connectivity index (χ4v) is 4.55. The van der Waals surface area contributed by atoms with E-state index in [-0.39, 0.29) is 18.2 Å². The highest BCUT2D eigenvalue weighted by Crippen LogP contribution is 2.25. The highest BCUT2D eigenvalue weighted by atomic mass is 16.4. The van der Waals surface area contributed by atoms with E-state index in [2.05, 4.69) is 20.2 Å². The molecule has 4 amide bonds. The van der Waals surface area contributed by atoms with E-state index < -0.39 is 23.6 Å². The average Bonchev–Trinajstić information content (AvgIpc) is 3.09. The first-order valence-corrected chi connectivity index (χ1v) is 12.1. The molecule has 0 spiro atoms. The molecule has 2 N–H and O–H groups in total. The van der Waals surface area contributed by atoms with Gasteiger partial charge in [0, 0.05) is 31.4 Å². The summed E-state index contributed by atoms with van der Waals surface area (Å²) < 4.78 is 0. The molecule has 190 valence electrons. The monoisotopic (exact) mass is 492 g/mol. The van der Waals surface area contributed by atoms with Crippen LogP contribution in [0.15, 0.2) is 48.3 Å². The second kappa shape index (κ2) is 10.3. The first kappa shape index (κ1) is 25.2. The number of imide groups is 1. The van der Waals surface area contributed by atoms with E-state index in [0.717, 1.165) is 24.9 Å². The molecule has 10 nitrogen and oxygen atoms in total. The molecule has 1 aromatic carbocycles. The van der Waals surface area contributed by atoms with Crippen LogP contribution in [0.2, 0.25) is 0 Å². The van der Waals surface area contributed by atoms with Gasteiger partial charge in [0.1, 0.15) is 5.70 Å². The number of nitrogens with zero attached hydrogens (tertiary/aromatic N) is 5. The summed E-state index contributed by atoms with van der Waals surface area (Å²) in [4.78, 5) is 50.7. The van der Waals surface area contributed by atoms with Crippen LogP contribution in [0.4, 0.5) is 15.5 Å². The zero-order valence-corrected chi connectivity index (χ0v) is 20.8. The molecule has 0 aliphatic carbocycles. The Bertz CT molecular complexity index is 1160. The predicted molar refractivity (Wildman–Crippen MR) is 135 cm³/mol. The lowest BCUT2D eigenvalue weighted by Crippen LogP contribution is -2.50. The number of benzene rings is 1. The summed E-state index contributed by atoms with van der Waals surface area (Å²) in [5.41, 5.74) is 1.16. The summed E-state index contributed by atoms with van der Waals surface area (Å²) in [6, 6.07) is 10.7. The number of aromatic nitrogens is 2. The van der Waals surface area contributed by atoms with Gasteiger partial charge in [-0.15, -0.1) is 0 Å². The summed E-state index contributed by atoms with van der Waals surface area (Å²) >= 11 is 0. The van der Waals surface area contributed by atoms with Crippen LogP contribution in [0.1, 0.15) is 44.9 Å². The summed E-state index contributed by atoms with van der Waals surface area (Å²) in [5, 5.41) is 12.0. The molecule has 10 heteroatoms. The third-order valence-corrected chi connectivity index (χ3v) is 6.40. The Hall–Kier alpha value is -3.95. The van der Waals surface area contributed by atoms with Gasteiger partial charge in [-0.2, -0.15) is 0 Å². The summed E-state index contributed by atoms with van der Waals surface area (Å²) in [5.74, 6) is 0.204. The third-order valence-electron chi connectivity index (χ3n) is 6.40. The molecule has 1 aromatic heterocycles. The van der Waals surface area contributed by atoms with Crippen molar-refractivity contribution in [2.75, 3.05) is 24.5 Å². The van der Waals surface area contributed by atoms with Gasteiger partial charge >= 0.3 is 12.1 Å². The van der Waals surface area contributed by atoms with Gasteiger partial charge in [0.25, 0.3) is 5.91 Å². The topological polar surface area (TPSA) is 119 Å². The van der Waals surface area contributed by atoms with Crippen LogP contribution >= 0.6 is 0 Å². The molecule has 2 aromatic rings. The van der Waals surface area contributed by atoms with Crippen LogP contribution in [-0.4, -0.2) is 68.1 Å². The molecule has 1 atom stereocenters. The number of urea groups is 1. The number of carboxylic acid groups (broad SMARTS) is 1. The van der Waals surface area contributed by atoms with Crippen molar-refractivity contribution < 1.29 is 19.5 Å². The van der Waals surface area contributed by atoms with Crippen molar-refractivity contribution in [2.45, 2.75) is 45.7 Å². The van der Waals surface area contributed by atoms with Crippen LogP contribution in [-0.2, 0) is 11.3 Å². The van der Waals surface area contributed by atoms with Crippen LogP contribution < -0.4 is 10.2 Å². The molecule has 36 heavy (non-hydrogen) atoms. The number of nitrogens with one attached hydrogen (secondary N) is 1. The molecule has 3 heterocycles. The lowest BCUT2D eigenvalue weighted by molar-refractivity contribution is -0.116. The Labute approximate surface area is 210 Å². The minimum Gasteiger partial charge on any atom is -0.465 e. The highest BCUT2D eigenvalue weighted by molar-refractivity contribution is 6.13. The third kappa shape index (κ3) is 5.81. The molecule has 2 aliphatic heterocycles. The minimum atomic E-state index is -0.922. The largest absolute Gasteiger partial charge is 0.465 e. The zero-order valence-electron chi connectivity index (χ0n) is 20.8. The fourth-order valence-electron chi connectivity index (χ4n) is 4.55. The molecule has 4 rings (SSSR count). The van der Waals surface area contributed by atoms with Crippen molar-refractivity contribution in [1.29, 1.82) is 0 Å². The molecule has 2 saturated heterocycles. The van der Waals surface area contributed by atoms with E-state index in [1.54, 1.807) is 18.3 Å². The van der Waals surface area contributed by atoms with Gasteiger partial charge in [0.15, 0.2) is 0 Å². The van der Waals surface area contributed by atoms with Crippen molar-refractivity contribution >= 4 is 30.1 Å². The number of hydrogen-bond donors (Lipinski definition) is 2. The van der Waals surface area contributed by atoms with Gasteiger partial charge in [0.05, 0.1) is 12.2 Å². The maximum atomic E-state index is 12.5. The quantitative estimate of drug-likeness (QED) is 0.467. The predicted octanol–water partition coefficient (Wildman–Crippen LogP) is 3.56. The van der Waals surface area contributed by atoms with Crippen LogP contribution in [0.3, 0.4) is 0 Å². The summed E-state index contributed by atoms with van der Waals surface area (Å²) in [6.45, 7) is 7.79. The van der Waals surface area contributed by atoms with E-state index in [9.17, 15) is 19.5 Å². The lowest BCUT2D eigenvalue weighted by Gasteiger charge is -2.39. The SMILES string of the molecule is CC(C)(C)N(CC1CCCN(c2nccc(/C=C3\C(=O)NC(=O)N3Cc3ccccc3)n2)C1)C(=O)O. The van der Waals surface area contributed by atoms with Crippen molar-refractivity contribution in [1.82, 2.24) is 25.1 Å². The van der Waals surface area contributed by atoms with Crippen LogP contribution in [0, 0.1) is 5.92 Å². The number of piperidine rings is 1. The summed E-state index contributed by atoms with van der Waals surface area (Å²) in [7, 11) is 0. The lowest BCUT2D eigenvalue weighted by atomic mass is 9.95. The first-order valence-electron chi connectivity index (χ1n) is 12.1. The second-order valence-corrected chi connectivity index (χ2v) is 10.2. The van der Waals surface area contributed by atoms with Gasteiger partial charge in [-0.3, -0.25) is 15.0 Å². The molecular weight excluding hydrogens is 460 g/mol. The van der Waals surface area contributed by atoms with E-state index in [1.807, 2.05) is 51.1 Å². The Morgan fingerprint density at radius 1 is 1.22 bits per heavy atom. The minimum absolute atomic E-state index is 0.152. The number of carbonyl (C=O) groups excluding carboxylic acids is 2. The smallest absolute Gasteiger partial charge is 0.407 e. The zero-order chi connectivity index (χ0) is 25.9. The van der Waals surface area contributed by atoms with Crippen molar-refractivity contribution in [2.24, 2.45) is 5.92 Å². The molecule has 0 saturated carbocycles. The molecule has 0 bridgehead atoms. The maximum Gasteiger partial charge on any atom is 0.407 e. The number of hydrogen-bond acceptors (Lipinski definition) is 6. The first-order chi connectivity index (χ1) is 17.1. The summed E-state index contributed by atoms with van der Waals surface area (Å²) in [6.07, 6.45) is 4.14. The number of anilines is 1. The van der Waals surface area contributed by atoms with E-state index in [0.29, 0.717) is 24.7 Å². The molecule has 2 aliphatic rings. The number of amides is 4. The Kier molecular flexibility index (Phi) is 7.23. The molecular formula is C26H32N6O4. The Morgan fingerprint density at radius 2 is 1.97 bits per heavy atom. The number of carbonyl (C=O) groups is 3. The van der Waals surface area contributed by atoms with Crippen molar-refractivity contribution in [3.05, 3.63) is 59.5 Å². The van der Waals surface area contributed by atoms with Crippen molar-refractivity contribution in [3.8, 4) is 0 Å². The van der Waals surface area contributed by atoms with Gasteiger partial charge < -0.3 is 14.9 Å². The maximum absolute atomic E-state index is 12.5. The normalized spacial score (nSPS) is 19.5. The van der Waals surface area contributed by atoms with Gasteiger partial charge in [-0.1, -0.05) is 30.3 Å².